The number of nitrogens with zero attached hydrogens (tertiary/aromatic N) is 4. The first-order chi connectivity index (χ1) is 16.9. The molecule has 5 rings (SSSR count). The normalized spacial score (nSPS) is 19.1. The van der Waals surface area contributed by atoms with Gasteiger partial charge in [-0.05, 0) is 30.9 Å². The molecule has 2 aromatic heterocycles. The second-order valence-electron chi connectivity index (χ2n) is 10.00. The van der Waals surface area contributed by atoms with Crippen molar-refractivity contribution in [2.24, 2.45) is 11.8 Å². The Morgan fingerprint density at radius 3 is 2.80 bits per heavy atom. The van der Waals surface area contributed by atoms with Crippen LogP contribution in [0.2, 0.25) is 0 Å². The van der Waals surface area contributed by atoms with Crippen LogP contribution in [0.15, 0.2) is 24.3 Å². The number of H-pyrrole nitrogens is 1. The summed E-state index contributed by atoms with van der Waals surface area (Å²) in [5.74, 6) is 1.81. The first-order valence-electron chi connectivity index (χ1n) is 12.6. The molecule has 2 aliphatic rings. The van der Waals surface area contributed by atoms with Gasteiger partial charge in [0.05, 0.1) is 25.0 Å². The summed E-state index contributed by atoms with van der Waals surface area (Å²) >= 11 is 0. The number of ether oxygens (including phenoxy) is 1. The molecular formula is C26H34N6O3. The van der Waals surface area contributed by atoms with E-state index in [4.69, 9.17) is 4.74 Å². The maximum atomic E-state index is 13.3. The Balaban J connectivity index is 1.29. The van der Waals surface area contributed by atoms with Gasteiger partial charge in [0.2, 0.25) is 11.8 Å². The molecule has 1 fully saturated rings. The minimum Gasteiger partial charge on any atom is -0.381 e. The zero-order valence-electron chi connectivity index (χ0n) is 20.7. The first kappa shape index (κ1) is 23.5. The van der Waals surface area contributed by atoms with Crippen LogP contribution >= 0.6 is 0 Å². The van der Waals surface area contributed by atoms with E-state index in [9.17, 15) is 9.59 Å². The summed E-state index contributed by atoms with van der Waals surface area (Å²) in [4.78, 5) is 31.4. The zero-order valence-corrected chi connectivity index (χ0v) is 20.7. The van der Waals surface area contributed by atoms with Gasteiger partial charge in [0.25, 0.3) is 0 Å². The number of carbonyl (C=O) groups is 2. The summed E-state index contributed by atoms with van der Waals surface area (Å²) in [5.41, 5.74) is 3.16. The molecular weight excluding hydrogens is 444 g/mol. The predicted octanol–water partition coefficient (Wildman–Crippen LogP) is 2.55. The molecule has 0 aliphatic carbocycles. The summed E-state index contributed by atoms with van der Waals surface area (Å²) in [6, 6.07) is 7.88. The van der Waals surface area contributed by atoms with Crippen LogP contribution in [0.3, 0.4) is 0 Å². The summed E-state index contributed by atoms with van der Waals surface area (Å²) in [5, 5.41) is 13.2. The van der Waals surface area contributed by atoms with Gasteiger partial charge in [0.15, 0.2) is 5.82 Å². The molecule has 2 atom stereocenters. The molecule has 2 N–H and O–H groups in total. The van der Waals surface area contributed by atoms with Gasteiger partial charge >= 0.3 is 0 Å². The molecule has 0 saturated carbocycles. The average molecular weight is 479 g/mol. The molecule has 35 heavy (non-hydrogen) atoms. The van der Waals surface area contributed by atoms with Crippen molar-refractivity contribution >= 4 is 22.7 Å². The maximum absolute atomic E-state index is 13.3. The number of benzene rings is 1. The number of aryl methyl sites for hydroxylation is 1. The molecule has 1 saturated heterocycles. The number of hydrogen-bond donors (Lipinski definition) is 2. The van der Waals surface area contributed by atoms with Crippen LogP contribution in [0.5, 0.6) is 0 Å². The lowest BCUT2D eigenvalue weighted by atomic mass is 10.0. The number of nitrogens with one attached hydrogen (secondary N) is 2. The quantitative estimate of drug-likeness (QED) is 0.567. The number of carbonyl (C=O) groups excluding carboxylic acids is 2. The molecule has 3 aromatic rings. The van der Waals surface area contributed by atoms with Gasteiger partial charge < -0.3 is 24.5 Å². The monoisotopic (exact) mass is 478 g/mol. The van der Waals surface area contributed by atoms with E-state index in [1.54, 1.807) is 0 Å². The number of rotatable bonds is 6. The summed E-state index contributed by atoms with van der Waals surface area (Å²) in [6.07, 6.45) is 1.76. The fraction of sp³-hybridized carbons (Fsp3) is 0.538. The van der Waals surface area contributed by atoms with Gasteiger partial charge in [-0.2, -0.15) is 0 Å². The Morgan fingerprint density at radius 2 is 2.03 bits per heavy atom. The van der Waals surface area contributed by atoms with E-state index in [1.807, 2.05) is 30.0 Å². The van der Waals surface area contributed by atoms with Gasteiger partial charge in [-0.1, -0.05) is 32.0 Å². The van der Waals surface area contributed by atoms with Gasteiger partial charge in [-0.15, -0.1) is 10.2 Å². The Bertz CT molecular complexity index is 1220. The Labute approximate surface area is 205 Å². The number of amides is 2. The lowest BCUT2D eigenvalue weighted by Crippen LogP contribution is -2.38. The highest BCUT2D eigenvalue weighted by molar-refractivity contribution is 5.90. The maximum Gasteiger partial charge on any atom is 0.227 e. The third-order valence-electron chi connectivity index (χ3n) is 7.31. The molecule has 0 spiro atoms. The molecule has 9 nitrogen and oxygen atoms in total. The number of hydrogen-bond acceptors (Lipinski definition) is 5. The van der Waals surface area contributed by atoms with Crippen LogP contribution in [-0.4, -0.2) is 62.8 Å². The lowest BCUT2D eigenvalue weighted by Gasteiger charge is -2.24. The van der Waals surface area contributed by atoms with Gasteiger partial charge in [-0.3, -0.25) is 9.59 Å². The van der Waals surface area contributed by atoms with Crippen molar-refractivity contribution in [1.29, 1.82) is 0 Å². The molecule has 0 radical (unpaired) electrons. The second-order valence-corrected chi connectivity index (χ2v) is 10.00. The van der Waals surface area contributed by atoms with Crippen LogP contribution in [-0.2, 0) is 33.7 Å². The van der Waals surface area contributed by atoms with Gasteiger partial charge in [0.1, 0.15) is 5.82 Å². The summed E-state index contributed by atoms with van der Waals surface area (Å²) in [7, 11) is 0. The molecule has 2 amide bonds. The van der Waals surface area contributed by atoms with Crippen LogP contribution in [0.25, 0.3) is 10.9 Å². The van der Waals surface area contributed by atoms with Crippen molar-refractivity contribution < 1.29 is 14.3 Å². The molecule has 186 valence electrons. The Morgan fingerprint density at radius 1 is 1.20 bits per heavy atom. The molecule has 1 aromatic carbocycles. The molecule has 9 heteroatoms. The molecule has 2 aliphatic heterocycles. The minimum absolute atomic E-state index is 0.0121. The molecule has 4 heterocycles. The van der Waals surface area contributed by atoms with Gasteiger partial charge in [0, 0.05) is 49.3 Å². The highest BCUT2D eigenvalue weighted by Gasteiger charge is 2.31. The van der Waals surface area contributed by atoms with Gasteiger partial charge in [-0.25, -0.2) is 0 Å². The predicted molar refractivity (Wildman–Crippen MR) is 132 cm³/mol. The molecule has 0 bridgehead atoms. The number of aromatic nitrogens is 4. The van der Waals surface area contributed by atoms with Crippen molar-refractivity contribution in [3.8, 4) is 0 Å². The SMILES string of the molecule is Cc1[nH]c2ccccc2c1CC(=O)N1CCc2nnc([C@@H](NC(=O)[C@H]3CCOC3)C(C)C)n2CC1. The Hall–Kier alpha value is -3.20. The number of para-hydroxylation sites is 1. The summed E-state index contributed by atoms with van der Waals surface area (Å²) < 4.78 is 7.48. The van der Waals surface area contributed by atoms with E-state index in [0.717, 1.165) is 40.2 Å². The number of fused-ring (bicyclic) bond motifs is 2. The Kier molecular flexibility index (Phi) is 6.60. The fourth-order valence-corrected chi connectivity index (χ4v) is 5.19. The van der Waals surface area contributed by atoms with E-state index in [-0.39, 0.29) is 29.7 Å². The van der Waals surface area contributed by atoms with Crippen molar-refractivity contribution in [2.45, 2.75) is 52.6 Å². The van der Waals surface area contributed by atoms with Crippen molar-refractivity contribution in [3.05, 3.63) is 47.2 Å². The van der Waals surface area contributed by atoms with Crippen LogP contribution in [0, 0.1) is 18.8 Å². The summed E-state index contributed by atoms with van der Waals surface area (Å²) in [6.45, 7) is 9.10. The van der Waals surface area contributed by atoms with E-state index in [1.165, 1.54) is 0 Å². The standard InChI is InChI=1S/C26H34N6O3/c1-16(2)24(28-26(34)18-9-13-35-15-18)25-30-29-22-8-10-31(11-12-32(22)25)23(33)14-20-17(3)27-21-7-5-4-6-19(20)21/h4-7,16,18,24,27H,8-15H2,1-3H3,(H,28,34)/t18-,24-/m0/s1. The highest BCUT2D eigenvalue weighted by Crippen LogP contribution is 2.26. The number of aromatic amines is 1. The highest BCUT2D eigenvalue weighted by atomic mass is 16.5. The van der Waals surface area contributed by atoms with E-state index >= 15 is 0 Å². The largest absolute Gasteiger partial charge is 0.381 e. The average Bonchev–Trinajstić information content (AvgIpc) is 3.54. The van der Waals surface area contributed by atoms with Crippen LogP contribution in [0.1, 0.15) is 49.2 Å². The zero-order chi connectivity index (χ0) is 24.5. The van der Waals surface area contributed by atoms with Crippen molar-refractivity contribution in [2.75, 3.05) is 26.3 Å². The minimum atomic E-state index is -0.236. The van der Waals surface area contributed by atoms with E-state index < -0.39 is 0 Å². The van der Waals surface area contributed by atoms with Crippen LogP contribution in [0.4, 0.5) is 0 Å². The third-order valence-corrected chi connectivity index (χ3v) is 7.31. The van der Waals surface area contributed by atoms with E-state index in [2.05, 4.69) is 45.0 Å². The molecule has 0 unspecified atom stereocenters. The van der Waals surface area contributed by atoms with Crippen LogP contribution < -0.4 is 5.32 Å². The van der Waals surface area contributed by atoms with Crippen molar-refractivity contribution in [1.82, 2.24) is 30.0 Å². The fourth-order valence-electron chi connectivity index (χ4n) is 5.19. The second kappa shape index (κ2) is 9.81. The first-order valence-corrected chi connectivity index (χ1v) is 12.6. The lowest BCUT2D eigenvalue weighted by molar-refractivity contribution is -0.130. The third kappa shape index (κ3) is 4.69. The van der Waals surface area contributed by atoms with E-state index in [0.29, 0.717) is 45.7 Å². The smallest absolute Gasteiger partial charge is 0.227 e. The van der Waals surface area contributed by atoms with Crippen molar-refractivity contribution in [3.63, 3.8) is 0 Å². The topological polar surface area (TPSA) is 105 Å².